The molecular weight excluding hydrogens is 488 g/mol. The first-order chi connectivity index (χ1) is 17.0. The van der Waals surface area contributed by atoms with E-state index in [2.05, 4.69) is 34.9 Å². The van der Waals surface area contributed by atoms with Crippen LogP contribution >= 0.6 is 0 Å². The molecule has 0 atom stereocenters. The van der Waals surface area contributed by atoms with Crippen molar-refractivity contribution in [2.75, 3.05) is 6.61 Å². The van der Waals surface area contributed by atoms with Crippen molar-refractivity contribution in [2.45, 2.75) is 32.4 Å². The lowest BCUT2D eigenvalue weighted by molar-refractivity contribution is -0.384. The molecular formula is C22H24N6O7Si. The number of benzene rings is 2. The molecule has 13 nitrogen and oxygen atoms in total. The number of ether oxygens (including phenoxy) is 1. The summed E-state index contributed by atoms with van der Waals surface area (Å²) in [6.07, 6.45) is 1.27. The fourth-order valence-electron chi connectivity index (χ4n) is 3.24. The number of hydrogen-bond donors (Lipinski definition) is 1. The van der Waals surface area contributed by atoms with Crippen molar-refractivity contribution in [3.8, 4) is 0 Å². The third-order valence-corrected chi connectivity index (χ3v) is 6.90. The molecule has 0 aliphatic rings. The van der Waals surface area contributed by atoms with Crippen molar-refractivity contribution in [2.24, 2.45) is 0 Å². The predicted octanol–water partition coefficient (Wildman–Crippen LogP) is 4.35. The van der Waals surface area contributed by atoms with E-state index in [-0.39, 0.29) is 23.8 Å². The third kappa shape index (κ3) is 6.22. The van der Waals surface area contributed by atoms with Crippen molar-refractivity contribution in [1.29, 1.82) is 0 Å². The minimum Gasteiger partial charge on any atom is -0.360 e. The lowest BCUT2D eigenvalue weighted by Gasteiger charge is -2.15. The zero-order valence-electron chi connectivity index (χ0n) is 19.8. The summed E-state index contributed by atoms with van der Waals surface area (Å²) in [5.41, 5.74) is 1.47. The van der Waals surface area contributed by atoms with Crippen molar-refractivity contribution >= 4 is 53.8 Å². The second-order valence-electron chi connectivity index (χ2n) is 9.02. The first kappa shape index (κ1) is 26.3. The highest BCUT2D eigenvalue weighted by Crippen LogP contribution is 2.23. The molecule has 0 unspecified atom stereocenters. The van der Waals surface area contributed by atoms with Gasteiger partial charge in [0.25, 0.3) is 11.4 Å². The van der Waals surface area contributed by atoms with Gasteiger partial charge in [-0.05, 0) is 18.2 Å². The van der Waals surface area contributed by atoms with Crippen LogP contribution in [0.2, 0.25) is 25.7 Å². The van der Waals surface area contributed by atoms with E-state index in [0.29, 0.717) is 46.7 Å². The van der Waals surface area contributed by atoms with Gasteiger partial charge in [0.15, 0.2) is 12.6 Å². The van der Waals surface area contributed by atoms with Gasteiger partial charge in [-0.2, -0.15) is 10.2 Å². The Kier molecular flexibility index (Phi) is 8.01. The van der Waals surface area contributed by atoms with Crippen LogP contribution < -0.4 is 0 Å². The predicted molar refractivity (Wildman–Crippen MR) is 134 cm³/mol. The number of aromatic nitrogens is 4. The van der Waals surface area contributed by atoms with Gasteiger partial charge in [0, 0.05) is 49.7 Å². The SMILES string of the molecule is C[Si](C)(C)CCOCn1nc(C=O)c2ccc([N+](=O)[O-])cc21.O=Cc1[nH]nc2cc([N+](=O)[O-])ccc12. The number of nitrogens with zero attached hydrogens (tertiary/aromatic N) is 5. The number of hydrogen-bond acceptors (Lipinski definition) is 9. The Morgan fingerprint density at radius 2 is 1.64 bits per heavy atom. The maximum absolute atomic E-state index is 11.1. The van der Waals surface area contributed by atoms with Gasteiger partial charge in [-0.3, -0.25) is 34.9 Å². The number of carbonyl (C=O) groups excluding carboxylic acids is 2. The quantitative estimate of drug-likeness (QED) is 0.112. The zero-order valence-corrected chi connectivity index (χ0v) is 20.8. The van der Waals surface area contributed by atoms with Gasteiger partial charge in [-0.25, -0.2) is 4.68 Å². The molecule has 0 saturated heterocycles. The van der Waals surface area contributed by atoms with Crippen LogP contribution in [0, 0.1) is 20.2 Å². The zero-order chi connectivity index (χ0) is 26.5. The fourth-order valence-corrected chi connectivity index (χ4v) is 4.00. The topological polar surface area (TPSA) is 176 Å². The number of nitro groups is 2. The van der Waals surface area contributed by atoms with Crippen LogP contribution in [-0.4, -0.2) is 57.1 Å². The minimum atomic E-state index is -1.17. The van der Waals surface area contributed by atoms with Gasteiger partial charge in [-0.15, -0.1) is 0 Å². The summed E-state index contributed by atoms with van der Waals surface area (Å²) in [6, 6.07) is 9.50. The van der Waals surface area contributed by atoms with E-state index in [9.17, 15) is 29.8 Å². The molecule has 0 fully saturated rings. The Morgan fingerprint density at radius 3 is 2.22 bits per heavy atom. The number of carbonyl (C=O) groups is 2. The number of H-pyrrole nitrogens is 1. The highest BCUT2D eigenvalue weighted by Gasteiger charge is 2.16. The van der Waals surface area contributed by atoms with Crippen LogP contribution in [0.15, 0.2) is 36.4 Å². The van der Waals surface area contributed by atoms with Gasteiger partial charge in [0.2, 0.25) is 0 Å². The molecule has 0 bridgehead atoms. The Morgan fingerprint density at radius 1 is 1.00 bits per heavy atom. The number of aldehydes is 2. The second kappa shape index (κ2) is 11.0. The molecule has 2 heterocycles. The standard InChI is InChI=1S/C14H19N3O4Si.C8H5N3O3/c1-22(2,3)7-6-21-10-16-14-8-11(17(19)20)4-5-12(14)13(9-18)15-16;12-4-8-6-2-1-5(11(13)14)3-7(6)9-10-8/h4-5,8-9H,6-7,10H2,1-3H3;1-4H,(H,9,10). The Bertz CT molecular complexity index is 1440. The van der Waals surface area contributed by atoms with E-state index < -0.39 is 17.9 Å². The summed E-state index contributed by atoms with van der Waals surface area (Å²) in [7, 11) is -1.17. The third-order valence-electron chi connectivity index (χ3n) is 5.19. The highest BCUT2D eigenvalue weighted by atomic mass is 28.3. The van der Waals surface area contributed by atoms with Crippen molar-refractivity contribution in [3.05, 3.63) is 68.0 Å². The first-order valence-corrected chi connectivity index (χ1v) is 14.5. The van der Waals surface area contributed by atoms with Gasteiger partial charge in [0.05, 0.1) is 20.9 Å². The van der Waals surface area contributed by atoms with Crippen LogP contribution in [0.4, 0.5) is 11.4 Å². The van der Waals surface area contributed by atoms with E-state index in [0.717, 1.165) is 6.04 Å². The summed E-state index contributed by atoms with van der Waals surface area (Å²) < 4.78 is 7.11. The molecule has 2 aromatic heterocycles. The van der Waals surface area contributed by atoms with E-state index in [1.54, 1.807) is 6.07 Å². The lowest BCUT2D eigenvalue weighted by atomic mass is 10.2. The molecule has 1 N–H and O–H groups in total. The summed E-state index contributed by atoms with van der Waals surface area (Å²) in [6.45, 7) is 7.56. The molecule has 4 rings (SSSR count). The molecule has 0 radical (unpaired) electrons. The molecule has 36 heavy (non-hydrogen) atoms. The number of non-ortho nitro benzene ring substituents is 2. The summed E-state index contributed by atoms with van der Waals surface area (Å²) in [4.78, 5) is 41.9. The number of fused-ring (bicyclic) bond motifs is 2. The highest BCUT2D eigenvalue weighted by molar-refractivity contribution is 6.76. The van der Waals surface area contributed by atoms with Gasteiger partial charge in [-0.1, -0.05) is 19.6 Å². The Labute approximate surface area is 205 Å². The molecule has 0 amide bonds. The Hall–Kier alpha value is -4.30. The maximum atomic E-state index is 11.1. The largest absolute Gasteiger partial charge is 0.360 e. The van der Waals surface area contributed by atoms with E-state index in [1.807, 2.05) is 0 Å². The average Bonchev–Trinajstić information content (AvgIpc) is 3.41. The fraction of sp³-hybridized carbons (Fsp3) is 0.273. The molecule has 2 aromatic carbocycles. The monoisotopic (exact) mass is 512 g/mol. The molecule has 14 heteroatoms. The molecule has 4 aromatic rings. The van der Waals surface area contributed by atoms with Crippen molar-refractivity contribution in [3.63, 3.8) is 0 Å². The van der Waals surface area contributed by atoms with Gasteiger partial charge < -0.3 is 4.74 Å². The van der Waals surface area contributed by atoms with Crippen molar-refractivity contribution < 1.29 is 24.2 Å². The van der Waals surface area contributed by atoms with Crippen LogP contribution in [0.3, 0.4) is 0 Å². The van der Waals surface area contributed by atoms with Gasteiger partial charge >= 0.3 is 0 Å². The molecule has 0 saturated carbocycles. The molecule has 0 aliphatic heterocycles. The summed E-state index contributed by atoms with van der Waals surface area (Å²) >= 11 is 0. The Balaban J connectivity index is 0.000000221. The van der Waals surface area contributed by atoms with Crippen LogP contribution in [-0.2, 0) is 11.5 Å². The number of rotatable bonds is 9. The van der Waals surface area contributed by atoms with Crippen LogP contribution in [0.5, 0.6) is 0 Å². The van der Waals surface area contributed by atoms with Crippen LogP contribution in [0.1, 0.15) is 21.0 Å². The lowest BCUT2D eigenvalue weighted by Crippen LogP contribution is -2.22. The molecule has 0 aliphatic carbocycles. The van der Waals surface area contributed by atoms with Crippen molar-refractivity contribution in [1.82, 2.24) is 20.0 Å². The smallest absolute Gasteiger partial charge is 0.271 e. The minimum absolute atomic E-state index is 0.0341. The average molecular weight is 513 g/mol. The summed E-state index contributed by atoms with van der Waals surface area (Å²) in [5.74, 6) is 0. The maximum Gasteiger partial charge on any atom is 0.271 e. The van der Waals surface area contributed by atoms with E-state index in [1.165, 1.54) is 35.0 Å². The van der Waals surface area contributed by atoms with E-state index in [4.69, 9.17) is 4.74 Å². The number of aromatic amines is 1. The summed E-state index contributed by atoms with van der Waals surface area (Å²) in [5, 5.41) is 32.9. The number of nitro benzene ring substituents is 2. The second-order valence-corrected chi connectivity index (χ2v) is 14.6. The first-order valence-electron chi connectivity index (χ1n) is 10.8. The number of nitrogens with one attached hydrogen (secondary N) is 1. The van der Waals surface area contributed by atoms with Crippen LogP contribution in [0.25, 0.3) is 21.8 Å². The molecule has 188 valence electrons. The van der Waals surface area contributed by atoms with Gasteiger partial charge in [0.1, 0.15) is 18.1 Å². The normalized spacial score (nSPS) is 11.2. The molecule has 0 spiro atoms. The van der Waals surface area contributed by atoms with E-state index >= 15 is 0 Å².